The summed E-state index contributed by atoms with van der Waals surface area (Å²) in [4.78, 5) is 7.14. The van der Waals surface area contributed by atoms with Crippen LogP contribution >= 0.6 is 25.3 Å². The lowest BCUT2D eigenvalue weighted by molar-refractivity contribution is 0.123. The Labute approximate surface area is 130 Å². The van der Waals surface area contributed by atoms with Crippen LogP contribution in [0.15, 0.2) is 0 Å². The second kappa shape index (κ2) is 20.5. The highest BCUT2D eigenvalue weighted by Crippen LogP contribution is 2.14. The van der Waals surface area contributed by atoms with Crippen molar-refractivity contribution < 1.29 is 18.1 Å². The third-order valence-corrected chi connectivity index (χ3v) is 6.26. The molecule has 0 aromatic heterocycles. The molecule has 0 amide bonds. The van der Waals surface area contributed by atoms with E-state index in [1.54, 1.807) is 21.3 Å². The van der Waals surface area contributed by atoms with E-state index in [2.05, 4.69) is 25.3 Å². The summed E-state index contributed by atoms with van der Waals surface area (Å²) in [5, 5.41) is 0. The Morgan fingerprint density at radius 2 is 1.33 bits per heavy atom. The van der Waals surface area contributed by atoms with E-state index in [4.69, 9.17) is 18.1 Å². The molecule has 9 heteroatoms. The van der Waals surface area contributed by atoms with E-state index in [1.165, 1.54) is 22.7 Å². The topological polar surface area (TPSA) is 47.9 Å². The first-order valence-electron chi connectivity index (χ1n) is 5.98. The summed E-state index contributed by atoms with van der Waals surface area (Å²) < 4.78 is 15.6. The molecule has 1 N–H and O–H groups in total. The molecule has 0 atom stereocenters. The van der Waals surface area contributed by atoms with Gasteiger partial charge in [0.15, 0.2) is 0 Å². The van der Waals surface area contributed by atoms with Crippen molar-refractivity contribution in [3.8, 4) is 0 Å². The van der Waals surface area contributed by atoms with Crippen LogP contribution in [0.1, 0.15) is 12.8 Å². The van der Waals surface area contributed by atoms with E-state index in [-0.39, 0.29) is 0 Å². The summed E-state index contributed by atoms with van der Waals surface area (Å²) in [7, 11) is 4.24. The predicted molar refractivity (Wildman–Crippen MR) is 95.4 cm³/mol. The Hall–Kier alpha value is 1.19. The van der Waals surface area contributed by atoms with Crippen LogP contribution in [0.25, 0.3) is 0 Å². The average Bonchev–Trinajstić information content (AvgIpc) is 2.45. The molecule has 18 heavy (non-hydrogen) atoms. The molecule has 0 aliphatic rings. The average molecular weight is 351 g/mol. The Bertz CT molecular complexity index is 133. The zero-order chi connectivity index (χ0) is 14.9. The van der Waals surface area contributed by atoms with E-state index in [0.29, 0.717) is 10.5 Å². The molecule has 0 bridgehead atoms. The van der Waals surface area contributed by atoms with Gasteiger partial charge >= 0.3 is 8.80 Å². The number of thiol groups is 2. The van der Waals surface area contributed by atoms with Gasteiger partial charge in [0.2, 0.25) is 0 Å². The van der Waals surface area contributed by atoms with Gasteiger partial charge in [-0.1, -0.05) is 6.04 Å². The second-order valence-corrected chi connectivity index (χ2v) is 8.18. The first-order valence-corrected chi connectivity index (χ1v) is 11.5. The minimum Gasteiger partial charge on any atom is -0.442 e. The van der Waals surface area contributed by atoms with E-state index < -0.39 is 8.80 Å². The van der Waals surface area contributed by atoms with Crippen LogP contribution in [-0.2, 0) is 13.3 Å². The van der Waals surface area contributed by atoms with Gasteiger partial charge in [-0.15, -0.1) is 0 Å². The molecule has 0 aromatic rings. The molecular formula is C9H30O4S2Si3. The lowest BCUT2D eigenvalue weighted by Gasteiger charge is -2.23. The SMILES string of the molecule is CO[Si](CCCS)(OC)OC.O[SiH3].[SiH3]CCCS. The Morgan fingerprint density at radius 1 is 0.944 bits per heavy atom. The summed E-state index contributed by atoms with van der Waals surface area (Å²) in [6.45, 7) is 0. The van der Waals surface area contributed by atoms with E-state index in [0.717, 1.165) is 24.0 Å². The number of hydrogen-bond acceptors (Lipinski definition) is 6. The van der Waals surface area contributed by atoms with Crippen molar-refractivity contribution in [2.45, 2.75) is 24.9 Å². The van der Waals surface area contributed by atoms with E-state index in [9.17, 15) is 0 Å². The minimum atomic E-state index is -2.29. The predicted octanol–water partition coefficient (Wildman–Crippen LogP) is -0.467. The first kappa shape index (κ1) is 24.2. The van der Waals surface area contributed by atoms with Gasteiger partial charge in [-0.2, -0.15) is 25.3 Å². The van der Waals surface area contributed by atoms with Gasteiger partial charge in [0.25, 0.3) is 0 Å². The van der Waals surface area contributed by atoms with Gasteiger partial charge in [-0.25, -0.2) is 0 Å². The molecule has 0 rings (SSSR count). The summed E-state index contributed by atoms with van der Waals surface area (Å²) in [5.41, 5.74) is 0. The van der Waals surface area contributed by atoms with Crippen molar-refractivity contribution in [2.24, 2.45) is 0 Å². The highest BCUT2D eigenvalue weighted by Gasteiger charge is 2.36. The molecule has 0 unspecified atom stereocenters. The van der Waals surface area contributed by atoms with E-state index in [1.807, 2.05) is 0 Å². The van der Waals surface area contributed by atoms with Crippen LogP contribution in [0.4, 0.5) is 0 Å². The van der Waals surface area contributed by atoms with Crippen molar-refractivity contribution >= 4 is 54.8 Å². The standard InChI is InChI=1S/C6H16O3SSi.C3H10SSi.H4OSi/c1-7-11(8-2,9-3)6-4-5-10;4-2-1-3-5;1-2/h10H,4-6H2,1-3H3;4H,1-3H2,5H3;1H,2H3. The maximum atomic E-state index is 7.14. The third kappa shape index (κ3) is 15.2. The molecule has 4 nitrogen and oxygen atoms in total. The molecule has 0 spiro atoms. The molecule has 0 heterocycles. The molecule has 0 radical (unpaired) electrons. The number of hydrogen-bond donors (Lipinski definition) is 3. The molecule has 0 saturated heterocycles. The fourth-order valence-corrected chi connectivity index (χ4v) is 4.45. The van der Waals surface area contributed by atoms with Crippen molar-refractivity contribution in [1.82, 2.24) is 0 Å². The van der Waals surface area contributed by atoms with Gasteiger partial charge in [-0.05, 0) is 24.3 Å². The largest absolute Gasteiger partial charge is 0.500 e. The van der Waals surface area contributed by atoms with Gasteiger partial charge in [0.05, 0.1) is 0 Å². The van der Waals surface area contributed by atoms with Gasteiger partial charge in [0.1, 0.15) is 10.5 Å². The van der Waals surface area contributed by atoms with Crippen LogP contribution in [0, 0.1) is 0 Å². The van der Waals surface area contributed by atoms with Crippen LogP contribution in [0.5, 0.6) is 0 Å². The van der Waals surface area contributed by atoms with E-state index >= 15 is 0 Å². The summed E-state index contributed by atoms with van der Waals surface area (Å²) in [6, 6.07) is 2.24. The monoisotopic (exact) mass is 350 g/mol. The molecule has 0 saturated carbocycles. The fraction of sp³-hybridized carbons (Fsp3) is 1.00. The van der Waals surface area contributed by atoms with Crippen molar-refractivity contribution in [2.75, 3.05) is 32.8 Å². The highest BCUT2D eigenvalue weighted by atomic mass is 32.1. The second-order valence-electron chi connectivity index (χ2n) is 3.20. The molecule has 0 fully saturated rings. The van der Waals surface area contributed by atoms with Crippen molar-refractivity contribution in [1.29, 1.82) is 0 Å². The van der Waals surface area contributed by atoms with Crippen LogP contribution in [-0.4, -0.2) is 67.2 Å². The Kier molecular flexibility index (Phi) is 27.6. The molecule has 114 valence electrons. The quantitative estimate of drug-likeness (QED) is 0.409. The smallest absolute Gasteiger partial charge is 0.442 e. The van der Waals surface area contributed by atoms with Gasteiger partial charge in [0, 0.05) is 37.6 Å². The van der Waals surface area contributed by atoms with Gasteiger partial charge in [-0.3, -0.25) is 0 Å². The Balaban J connectivity index is -0.000000270. The molecule has 0 aliphatic carbocycles. The molecule has 0 aromatic carbocycles. The molecule has 0 aliphatic heterocycles. The molecular weight excluding hydrogens is 320 g/mol. The summed E-state index contributed by atoms with van der Waals surface area (Å²) >= 11 is 8.13. The minimum absolute atomic E-state index is 0.306. The lowest BCUT2D eigenvalue weighted by Crippen LogP contribution is -2.42. The highest BCUT2D eigenvalue weighted by molar-refractivity contribution is 7.80. The zero-order valence-electron chi connectivity index (χ0n) is 12.3. The Morgan fingerprint density at radius 3 is 1.50 bits per heavy atom. The first-order chi connectivity index (χ1) is 8.66. The van der Waals surface area contributed by atoms with Crippen LogP contribution in [0.3, 0.4) is 0 Å². The fourth-order valence-electron chi connectivity index (χ4n) is 1.01. The maximum absolute atomic E-state index is 7.14. The third-order valence-electron chi connectivity index (χ3n) is 2.09. The van der Waals surface area contributed by atoms with Gasteiger partial charge < -0.3 is 18.1 Å². The van der Waals surface area contributed by atoms with Crippen molar-refractivity contribution in [3.63, 3.8) is 0 Å². The van der Waals surface area contributed by atoms with Crippen LogP contribution in [0.2, 0.25) is 12.1 Å². The number of rotatable bonds is 8. The zero-order valence-corrected chi connectivity index (χ0v) is 19.1. The van der Waals surface area contributed by atoms with Crippen LogP contribution < -0.4 is 0 Å². The maximum Gasteiger partial charge on any atom is 0.500 e. The summed E-state index contributed by atoms with van der Waals surface area (Å²) in [6.07, 6.45) is 2.28. The van der Waals surface area contributed by atoms with Crippen molar-refractivity contribution in [3.05, 3.63) is 0 Å². The summed E-state index contributed by atoms with van der Waals surface area (Å²) in [5.74, 6) is 1.91. The lowest BCUT2D eigenvalue weighted by atomic mass is 10.6. The normalized spacial score (nSPS) is 10.3.